The van der Waals surface area contributed by atoms with Gasteiger partial charge in [0.1, 0.15) is 0 Å². The van der Waals surface area contributed by atoms with Gasteiger partial charge in [0.05, 0.1) is 18.8 Å². The summed E-state index contributed by atoms with van der Waals surface area (Å²) in [5.74, 6) is -0.244. The van der Waals surface area contributed by atoms with E-state index in [-0.39, 0.29) is 5.75 Å². The zero-order valence-corrected chi connectivity index (χ0v) is 10.6. The summed E-state index contributed by atoms with van der Waals surface area (Å²) >= 11 is 0. The average Bonchev–Trinajstić information content (AvgIpc) is 2.69. The lowest BCUT2D eigenvalue weighted by Gasteiger charge is -2.12. The lowest BCUT2D eigenvalue weighted by Crippen LogP contribution is -2.15. The monoisotopic (exact) mass is 249 g/mol. The van der Waals surface area contributed by atoms with Gasteiger partial charge in [-0.1, -0.05) is 12.1 Å². The lowest BCUT2D eigenvalue weighted by molar-refractivity contribution is 0.383. The van der Waals surface area contributed by atoms with Crippen LogP contribution in [0.3, 0.4) is 0 Å². The van der Waals surface area contributed by atoms with Crippen molar-refractivity contribution in [3.63, 3.8) is 0 Å². The number of rotatable bonds is 3. The van der Waals surface area contributed by atoms with E-state index in [4.69, 9.17) is 10.5 Å². The van der Waals surface area contributed by atoms with Crippen molar-refractivity contribution in [3.8, 4) is 5.75 Å². The number of halogens is 1. The van der Waals surface area contributed by atoms with E-state index < -0.39 is 11.9 Å². The van der Waals surface area contributed by atoms with Gasteiger partial charge in [-0.15, -0.1) is 0 Å². The van der Waals surface area contributed by atoms with Crippen LogP contribution in [0, 0.1) is 12.7 Å². The minimum absolute atomic E-state index is 0.190. The van der Waals surface area contributed by atoms with Crippen molar-refractivity contribution in [2.45, 2.75) is 13.0 Å². The van der Waals surface area contributed by atoms with E-state index in [1.807, 2.05) is 20.0 Å². The van der Waals surface area contributed by atoms with Crippen molar-refractivity contribution < 1.29 is 9.13 Å². The Kier molecular flexibility index (Phi) is 3.34. The fourth-order valence-electron chi connectivity index (χ4n) is 1.83. The number of ether oxygens (including phenoxy) is 1. The second kappa shape index (κ2) is 4.78. The Morgan fingerprint density at radius 2 is 2.17 bits per heavy atom. The maximum absolute atomic E-state index is 14.1. The molecule has 0 saturated heterocycles. The maximum atomic E-state index is 14.1. The van der Waals surface area contributed by atoms with Crippen molar-refractivity contribution >= 4 is 0 Å². The molecule has 18 heavy (non-hydrogen) atoms. The highest BCUT2D eigenvalue weighted by Crippen LogP contribution is 2.27. The summed E-state index contributed by atoms with van der Waals surface area (Å²) in [6.45, 7) is 1.92. The van der Waals surface area contributed by atoms with Crippen LogP contribution in [0.5, 0.6) is 5.75 Å². The summed E-state index contributed by atoms with van der Waals surface area (Å²) in [7, 11) is 3.26. The Labute approximate surface area is 105 Å². The molecule has 2 N–H and O–H groups in total. The van der Waals surface area contributed by atoms with E-state index in [1.165, 1.54) is 7.11 Å². The van der Waals surface area contributed by atoms with Gasteiger partial charge in [0.2, 0.25) is 0 Å². The van der Waals surface area contributed by atoms with Crippen LogP contribution in [-0.2, 0) is 7.05 Å². The molecular weight excluding hydrogens is 233 g/mol. The summed E-state index contributed by atoms with van der Waals surface area (Å²) in [6.07, 6.45) is 0. The van der Waals surface area contributed by atoms with E-state index in [1.54, 1.807) is 22.9 Å². The number of hydrogen-bond acceptors (Lipinski definition) is 3. The van der Waals surface area contributed by atoms with Gasteiger partial charge in [0.25, 0.3) is 0 Å². The molecule has 2 aromatic rings. The normalized spacial score (nSPS) is 12.5. The molecule has 96 valence electrons. The van der Waals surface area contributed by atoms with Crippen LogP contribution in [0.4, 0.5) is 4.39 Å². The molecular formula is C13H16FN3O. The first-order chi connectivity index (χ1) is 8.54. The Hall–Kier alpha value is -1.88. The first kappa shape index (κ1) is 12.6. The average molecular weight is 249 g/mol. The second-order valence-corrected chi connectivity index (χ2v) is 4.18. The molecule has 1 atom stereocenters. The maximum Gasteiger partial charge on any atom is 0.170 e. The Balaban J connectivity index is 2.42. The highest BCUT2D eigenvalue weighted by atomic mass is 19.1. The molecule has 1 unspecified atom stereocenters. The van der Waals surface area contributed by atoms with Crippen molar-refractivity contribution in [2.24, 2.45) is 12.8 Å². The number of aromatic nitrogens is 2. The summed E-state index contributed by atoms with van der Waals surface area (Å²) in [6, 6.07) is 6.18. The number of nitrogens with zero attached hydrogens (tertiary/aromatic N) is 2. The number of benzene rings is 1. The Morgan fingerprint density at radius 3 is 2.72 bits per heavy atom. The molecule has 1 heterocycles. The third-order valence-electron chi connectivity index (χ3n) is 3.00. The van der Waals surface area contributed by atoms with Gasteiger partial charge in [-0.3, -0.25) is 4.68 Å². The van der Waals surface area contributed by atoms with Gasteiger partial charge in [0.15, 0.2) is 11.6 Å². The van der Waals surface area contributed by atoms with E-state index in [0.717, 1.165) is 5.69 Å². The summed E-state index contributed by atoms with van der Waals surface area (Å²) < 4.78 is 20.7. The summed E-state index contributed by atoms with van der Waals surface area (Å²) in [4.78, 5) is 0. The van der Waals surface area contributed by atoms with Gasteiger partial charge < -0.3 is 10.5 Å². The highest BCUT2D eigenvalue weighted by Gasteiger charge is 2.19. The molecule has 1 aromatic carbocycles. The fourth-order valence-corrected chi connectivity index (χ4v) is 1.83. The third-order valence-corrected chi connectivity index (χ3v) is 3.00. The molecule has 2 rings (SSSR count). The van der Waals surface area contributed by atoms with Crippen LogP contribution in [0.25, 0.3) is 0 Å². The highest BCUT2D eigenvalue weighted by molar-refractivity contribution is 5.36. The fraction of sp³-hybridized carbons (Fsp3) is 0.308. The third kappa shape index (κ3) is 2.09. The van der Waals surface area contributed by atoms with Crippen molar-refractivity contribution in [1.29, 1.82) is 0 Å². The molecule has 0 aliphatic carbocycles. The molecule has 0 aliphatic heterocycles. The van der Waals surface area contributed by atoms with Crippen molar-refractivity contribution in [3.05, 3.63) is 47.0 Å². The van der Waals surface area contributed by atoms with Crippen LogP contribution in [0.1, 0.15) is 23.0 Å². The summed E-state index contributed by atoms with van der Waals surface area (Å²) in [5, 5.41) is 4.27. The molecule has 0 saturated carbocycles. The summed E-state index contributed by atoms with van der Waals surface area (Å²) in [5.41, 5.74) is 8.05. The minimum atomic E-state index is -0.597. The largest absolute Gasteiger partial charge is 0.494 e. The predicted molar refractivity (Wildman–Crippen MR) is 66.9 cm³/mol. The van der Waals surface area contributed by atoms with E-state index in [2.05, 4.69) is 5.10 Å². The lowest BCUT2D eigenvalue weighted by atomic mass is 10.0. The molecule has 0 radical (unpaired) electrons. The minimum Gasteiger partial charge on any atom is -0.494 e. The number of nitrogens with two attached hydrogens (primary N) is 1. The van der Waals surface area contributed by atoms with Gasteiger partial charge in [-0.05, 0) is 19.1 Å². The van der Waals surface area contributed by atoms with Crippen molar-refractivity contribution in [1.82, 2.24) is 9.78 Å². The standard InChI is InChI=1S/C13H16FN3O/c1-8-7-10(16-17(8)2)13(15)9-5-4-6-11(18-3)12(9)14/h4-7,13H,15H2,1-3H3. The van der Waals surface area contributed by atoms with Gasteiger partial charge in [0, 0.05) is 18.3 Å². The molecule has 0 bridgehead atoms. The van der Waals surface area contributed by atoms with Crippen LogP contribution in [0.15, 0.2) is 24.3 Å². The molecule has 4 nitrogen and oxygen atoms in total. The van der Waals surface area contributed by atoms with Crippen molar-refractivity contribution in [2.75, 3.05) is 7.11 Å². The Bertz CT molecular complexity index is 546. The Morgan fingerprint density at radius 1 is 1.44 bits per heavy atom. The van der Waals surface area contributed by atoms with Crippen LogP contribution < -0.4 is 10.5 Å². The van der Waals surface area contributed by atoms with Gasteiger partial charge in [-0.25, -0.2) is 4.39 Å². The molecule has 0 aliphatic rings. The quantitative estimate of drug-likeness (QED) is 0.904. The van der Waals surface area contributed by atoms with Gasteiger partial charge >= 0.3 is 0 Å². The zero-order valence-electron chi connectivity index (χ0n) is 10.6. The molecule has 1 aromatic heterocycles. The number of hydrogen-bond donors (Lipinski definition) is 1. The first-order valence-corrected chi connectivity index (χ1v) is 5.63. The van der Waals surface area contributed by atoms with E-state index in [0.29, 0.717) is 11.3 Å². The number of aryl methyl sites for hydroxylation is 2. The van der Waals surface area contributed by atoms with E-state index >= 15 is 0 Å². The molecule has 0 spiro atoms. The second-order valence-electron chi connectivity index (χ2n) is 4.18. The first-order valence-electron chi connectivity index (χ1n) is 5.63. The van der Waals surface area contributed by atoms with E-state index in [9.17, 15) is 4.39 Å². The number of methoxy groups -OCH3 is 1. The zero-order chi connectivity index (χ0) is 13.3. The smallest absolute Gasteiger partial charge is 0.170 e. The predicted octanol–water partition coefficient (Wildman–Crippen LogP) is 1.92. The SMILES string of the molecule is COc1cccc(C(N)c2cc(C)n(C)n2)c1F. The van der Waals surface area contributed by atoms with Crippen LogP contribution >= 0.6 is 0 Å². The molecule has 0 fully saturated rings. The van der Waals surface area contributed by atoms with Crippen LogP contribution in [0.2, 0.25) is 0 Å². The topological polar surface area (TPSA) is 53.1 Å². The van der Waals surface area contributed by atoms with Gasteiger partial charge in [-0.2, -0.15) is 5.10 Å². The van der Waals surface area contributed by atoms with Crippen LogP contribution in [-0.4, -0.2) is 16.9 Å². The molecule has 5 heteroatoms. The molecule has 0 amide bonds.